The molecule has 3 saturated heterocycles. The topological polar surface area (TPSA) is 32.3 Å². The van der Waals surface area contributed by atoms with Crippen LogP contribution in [0.2, 0.25) is 0 Å². The summed E-state index contributed by atoms with van der Waals surface area (Å²) in [6.07, 6.45) is 8.42. The number of nitrogens with one attached hydrogen (secondary N) is 1. The lowest BCUT2D eigenvalue weighted by atomic mass is 9.89. The van der Waals surface area contributed by atoms with E-state index in [2.05, 4.69) is 24.1 Å². The molecule has 0 aromatic carbocycles. The van der Waals surface area contributed by atoms with E-state index >= 15 is 0 Å². The largest absolute Gasteiger partial charge is 0.342 e. The van der Waals surface area contributed by atoms with E-state index in [9.17, 15) is 4.79 Å². The molecule has 4 heteroatoms. The molecule has 0 radical (unpaired) electrons. The molecular weight excluding hydrogens is 284 g/mol. The van der Waals surface area contributed by atoms with Crippen molar-refractivity contribution in [3.05, 3.63) is 0 Å². The summed E-state index contributed by atoms with van der Waals surface area (Å²) >= 11 is 0. The third-order valence-electron chi connectivity index (χ3n) is 5.48. The first kappa shape index (κ1) is 17.1. The standard InChI is InChI=1S/C17H30N2O.ClH/c1-12(2)7-13-5-6-19(11-13)17(20)10-14-8-15-3-4-16(9-14)18-15;/h12-16,18H,3-11H2,1-2H3;1H. The van der Waals surface area contributed by atoms with Crippen LogP contribution in [-0.4, -0.2) is 36.0 Å². The highest BCUT2D eigenvalue weighted by Gasteiger charge is 2.35. The number of amides is 1. The third kappa shape index (κ3) is 4.35. The van der Waals surface area contributed by atoms with Gasteiger partial charge in [0.05, 0.1) is 0 Å². The van der Waals surface area contributed by atoms with Crippen LogP contribution in [0.5, 0.6) is 0 Å². The second-order valence-electron chi connectivity index (χ2n) is 7.80. The molecule has 1 amide bonds. The number of likely N-dealkylation sites (tertiary alicyclic amines) is 1. The molecule has 3 aliphatic heterocycles. The molecule has 3 aliphatic rings. The molecule has 21 heavy (non-hydrogen) atoms. The monoisotopic (exact) mass is 314 g/mol. The Morgan fingerprint density at radius 3 is 2.43 bits per heavy atom. The lowest BCUT2D eigenvalue weighted by Gasteiger charge is -2.30. The Morgan fingerprint density at radius 1 is 1.14 bits per heavy atom. The van der Waals surface area contributed by atoms with Crippen molar-refractivity contribution in [2.45, 2.75) is 70.9 Å². The molecule has 1 N–H and O–H groups in total. The fourth-order valence-electron chi connectivity index (χ4n) is 4.64. The summed E-state index contributed by atoms with van der Waals surface area (Å²) in [5.41, 5.74) is 0. The first-order valence-corrected chi connectivity index (χ1v) is 8.64. The van der Waals surface area contributed by atoms with Crippen molar-refractivity contribution in [3.63, 3.8) is 0 Å². The number of carbonyl (C=O) groups is 1. The highest BCUT2D eigenvalue weighted by Crippen LogP contribution is 2.33. The van der Waals surface area contributed by atoms with Crippen LogP contribution < -0.4 is 5.32 Å². The number of rotatable bonds is 4. The number of nitrogens with zero attached hydrogens (tertiary/aromatic N) is 1. The second kappa shape index (κ2) is 7.32. The summed E-state index contributed by atoms with van der Waals surface area (Å²) in [5.74, 6) is 2.59. The van der Waals surface area contributed by atoms with Gasteiger partial charge in [-0.2, -0.15) is 0 Å². The Morgan fingerprint density at radius 2 is 1.81 bits per heavy atom. The van der Waals surface area contributed by atoms with Crippen LogP contribution in [0.25, 0.3) is 0 Å². The van der Waals surface area contributed by atoms with Gasteiger partial charge in [0.1, 0.15) is 0 Å². The predicted molar refractivity (Wildman–Crippen MR) is 88.7 cm³/mol. The molecule has 122 valence electrons. The molecule has 3 unspecified atom stereocenters. The van der Waals surface area contributed by atoms with Crippen LogP contribution in [0.3, 0.4) is 0 Å². The van der Waals surface area contributed by atoms with Gasteiger partial charge in [0.2, 0.25) is 5.91 Å². The summed E-state index contributed by atoms with van der Waals surface area (Å²) in [6, 6.07) is 1.41. The van der Waals surface area contributed by atoms with Crippen molar-refractivity contribution in [2.75, 3.05) is 13.1 Å². The summed E-state index contributed by atoms with van der Waals surface area (Å²) in [6.45, 7) is 6.60. The van der Waals surface area contributed by atoms with Crippen molar-refractivity contribution in [2.24, 2.45) is 17.8 Å². The Labute approximate surface area is 135 Å². The number of carbonyl (C=O) groups excluding carboxylic acids is 1. The normalized spacial score (nSPS) is 35.1. The molecule has 3 atom stereocenters. The fraction of sp³-hybridized carbons (Fsp3) is 0.941. The van der Waals surface area contributed by atoms with E-state index in [4.69, 9.17) is 0 Å². The van der Waals surface area contributed by atoms with E-state index in [1.807, 2.05) is 0 Å². The molecular formula is C17H31ClN2O. The summed E-state index contributed by atoms with van der Waals surface area (Å²) in [5, 5.41) is 3.67. The predicted octanol–water partition coefficient (Wildman–Crippen LogP) is 3.22. The summed E-state index contributed by atoms with van der Waals surface area (Å²) in [4.78, 5) is 14.6. The fourth-order valence-corrected chi connectivity index (χ4v) is 4.64. The quantitative estimate of drug-likeness (QED) is 0.864. The van der Waals surface area contributed by atoms with E-state index in [-0.39, 0.29) is 12.4 Å². The molecule has 3 heterocycles. The Bertz CT molecular complexity index is 349. The Balaban J connectivity index is 0.00000161. The van der Waals surface area contributed by atoms with Gasteiger partial charge in [0.15, 0.2) is 0 Å². The minimum atomic E-state index is 0. The third-order valence-corrected chi connectivity index (χ3v) is 5.48. The smallest absolute Gasteiger partial charge is 0.222 e. The Hall–Kier alpha value is -0.280. The number of piperidine rings is 1. The van der Waals surface area contributed by atoms with Crippen molar-refractivity contribution in [1.29, 1.82) is 0 Å². The number of fused-ring (bicyclic) bond motifs is 2. The molecule has 0 aliphatic carbocycles. The van der Waals surface area contributed by atoms with E-state index in [1.165, 1.54) is 38.5 Å². The molecule has 0 aromatic heterocycles. The van der Waals surface area contributed by atoms with Crippen LogP contribution in [-0.2, 0) is 4.79 Å². The van der Waals surface area contributed by atoms with Crippen molar-refractivity contribution in [3.8, 4) is 0 Å². The number of hydrogen-bond donors (Lipinski definition) is 1. The van der Waals surface area contributed by atoms with Crippen molar-refractivity contribution >= 4 is 18.3 Å². The van der Waals surface area contributed by atoms with Crippen LogP contribution >= 0.6 is 12.4 Å². The molecule has 0 aromatic rings. The molecule has 3 nitrogen and oxygen atoms in total. The summed E-state index contributed by atoms with van der Waals surface area (Å²) < 4.78 is 0. The van der Waals surface area contributed by atoms with Gasteiger partial charge in [-0.15, -0.1) is 12.4 Å². The van der Waals surface area contributed by atoms with Crippen LogP contribution in [0.15, 0.2) is 0 Å². The SMILES string of the molecule is CC(C)CC1CCN(C(=O)CC2CC3CCC(C2)N3)C1.Cl. The maximum absolute atomic E-state index is 12.5. The first-order valence-electron chi connectivity index (χ1n) is 8.64. The molecule has 0 spiro atoms. The van der Waals surface area contributed by atoms with E-state index < -0.39 is 0 Å². The highest BCUT2D eigenvalue weighted by molar-refractivity contribution is 5.85. The minimum Gasteiger partial charge on any atom is -0.342 e. The zero-order valence-electron chi connectivity index (χ0n) is 13.5. The van der Waals surface area contributed by atoms with Gasteiger partial charge in [0, 0.05) is 31.6 Å². The molecule has 3 fully saturated rings. The van der Waals surface area contributed by atoms with E-state index in [0.717, 1.165) is 31.3 Å². The van der Waals surface area contributed by atoms with Gasteiger partial charge in [-0.3, -0.25) is 4.79 Å². The summed E-state index contributed by atoms with van der Waals surface area (Å²) in [7, 11) is 0. The van der Waals surface area contributed by atoms with Crippen LogP contribution in [0, 0.1) is 17.8 Å². The maximum Gasteiger partial charge on any atom is 0.222 e. The zero-order valence-corrected chi connectivity index (χ0v) is 14.3. The molecule has 0 saturated carbocycles. The first-order chi connectivity index (χ1) is 9.60. The highest BCUT2D eigenvalue weighted by atomic mass is 35.5. The van der Waals surface area contributed by atoms with Gasteiger partial charge in [0.25, 0.3) is 0 Å². The number of hydrogen-bond acceptors (Lipinski definition) is 2. The van der Waals surface area contributed by atoms with Crippen molar-refractivity contribution < 1.29 is 4.79 Å². The van der Waals surface area contributed by atoms with Gasteiger partial charge in [-0.25, -0.2) is 0 Å². The molecule has 2 bridgehead atoms. The minimum absolute atomic E-state index is 0. The van der Waals surface area contributed by atoms with Crippen LogP contribution in [0.1, 0.15) is 58.8 Å². The zero-order chi connectivity index (χ0) is 14.1. The Kier molecular flexibility index (Phi) is 5.96. The number of halogens is 1. The van der Waals surface area contributed by atoms with Gasteiger partial charge in [-0.1, -0.05) is 13.8 Å². The lowest BCUT2D eigenvalue weighted by Crippen LogP contribution is -2.40. The van der Waals surface area contributed by atoms with Gasteiger partial charge >= 0.3 is 0 Å². The van der Waals surface area contributed by atoms with Gasteiger partial charge < -0.3 is 10.2 Å². The van der Waals surface area contributed by atoms with Crippen LogP contribution in [0.4, 0.5) is 0 Å². The lowest BCUT2D eigenvalue weighted by molar-refractivity contribution is -0.131. The van der Waals surface area contributed by atoms with Gasteiger partial charge in [-0.05, 0) is 56.3 Å². The average molecular weight is 315 g/mol. The maximum atomic E-state index is 12.5. The molecule has 3 rings (SSSR count). The second-order valence-corrected chi connectivity index (χ2v) is 7.80. The van der Waals surface area contributed by atoms with Crippen molar-refractivity contribution in [1.82, 2.24) is 10.2 Å². The average Bonchev–Trinajstić information content (AvgIpc) is 2.96. The van der Waals surface area contributed by atoms with E-state index in [0.29, 0.717) is 23.9 Å². The van der Waals surface area contributed by atoms with E-state index in [1.54, 1.807) is 0 Å².